The maximum Gasteiger partial charge on any atom is 0.169 e. The van der Waals surface area contributed by atoms with E-state index in [1.807, 2.05) is 6.07 Å². The zero-order valence-electron chi connectivity index (χ0n) is 12.3. The second-order valence-electron chi connectivity index (χ2n) is 6.53. The molecule has 2 fully saturated rings. The molecule has 1 aromatic carbocycles. The summed E-state index contributed by atoms with van der Waals surface area (Å²) in [4.78, 5) is 13.2. The summed E-state index contributed by atoms with van der Waals surface area (Å²) < 4.78 is 0. The molecule has 3 rings (SSSR count). The molecule has 0 aliphatic carbocycles. The van der Waals surface area contributed by atoms with Gasteiger partial charge in [0.25, 0.3) is 0 Å². The third-order valence-corrected chi connectivity index (χ3v) is 5.74. The number of fused-ring (bicyclic) bond motifs is 2. The van der Waals surface area contributed by atoms with Gasteiger partial charge in [0, 0.05) is 23.1 Å². The van der Waals surface area contributed by atoms with E-state index in [2.05, 4.69) is 12.2 Å². The molecule has 1 N–H and O–H groups in total. The van der Waals surface area contributed by atoms with Crippen LogP contribution in [0.25, 0.3) is 0 Å². The molecule has 0 radical (unpaired) electrons. The van der Waals surface area contributed by atoms with Gasteiger partial charge in [0.15, 0.2) is 5.78 Å². The predicted molar refractivity (Wildman–Crippen MR) is 87.3 cm³/mol. The van der Waals surface area contributed by atoms with Gasteiger partial charge in [0.2, 0.25) is 0 Å². The number of benzene rings is 1. The van der Waals surface area contributed by atoms with Gasteiger partial charge >= 0.3 is 0 Å². The summed E-state index contributed by atoms with van der Waals surface area (Å²) in [5, 5.41) is 4.60. The van der Waals surface area contributed by atoms with Crippen molar-refractivity contribution in [2.24, 2.45) is 5.41 Å². The molecule has 0 spiro atoms. The summed E-state index contributed by atoms with van der Waals surface area (Å²) in [6.45, 7) is 2.16. The van der Waals surface area contributed by atoms with Crippen LogP contribution in [0.1, 0.15) is 55.8 Å². The van der Waals surface area contributed by atoms with Crippen molar-refractivity contribution in [2.75, 3.05) is 0 Å². The molecular weight excluding hydrogens is 305 g/mol. The molecule has 114 valence electrons. The van der Waals surface area contributed by atoms with Crippen LogP contribution in [0.5, 0.6) is 0 Å². The fourth-order valence-corrected chi connectivity index (χ4v) is 4.47. The quantitative estimate of drug-likeness (QED) is 0.799. The number of Topliss-reactive ketones (excluding diaryl/α,β-unsaturated/α-hetero) is 1. The lowest BCUT2D eigenvalue weighted by Gasteiger charge is -2.40. The van der Waals surface area contributed by atoms with E-state index in [0.29, 0.717) is 27.7 Å². The predicted octanol–water partition coefficient (Wildman–Crippen LogP) is 4.88. The normalized spacial score (nSPS) is 31.4. The Morgan fingerprint density at radius 2 is 1.90 bits per heavy atom. The Hall–Kier alpha value is -0.570. The highest BCUT2D eigenvalue weighted by atomic mass is 35.5. The summed E-state index contributed by atoms with van der Waals surface area (Å²) in [7, 11) is 0. The van der Waals surface area contributed by atoms with E-state index < -0.39 is 0 Å². The first kappa shape index (κ1) is 15.3. The lowest BCUT2D eigenvalue weighted by molar-refractivity contribution is 0.0649. The van der Waals surface area contributed by atoms with Crippen LogP contribution in [0.2, 0.25) is 10.0 Å². The Morgan fingerprint density at radius 1 is 1.24 bits per heavy atom. The van der Waals surface area contributed by atoms with Crippen molar-refractivity contribution in [3.05, 3.63) is 33.8 Å². The second-order valence-corrected chi connectivity index (χ2v) is 7.35. The summed E-state index contributed by atoms with van der Waals surface area (Å²) >= 11 is 12.1. The van der Waals surface area contributed by atoms with Gasteiger partial charge in [-0.25, -0.2) is 0 Å². The Bertz CT molecular complexity index is 546. The number of hydrogen-bond donors (Lipinski definition) is 1. The number of carbonyl (C=O) groups excluding carboxylic acids is 1. The van der Waals surface area contributed by atoms with E-state index >= 15 is 0 Å². The molecule has 0 unspecified atom stereocenters. The highest BCUT2D eigenvalue weighted by Gasteiger charge is 2.47. The Labute approximate surface area is 136 Å². The van der Waals surface area contributed by atoms with Crippen LogP contribution in [0.4, 0.5) is 0 Å². The van der Waals surface area contributed by atoms with E-state index in [1.54, 1.807) is 12.1 Å². The molecule has 2 saturated heterocycles. The molecule has 0 amide bonds. The first-order valence-electron chi connectivity index (χ1n) is 7.80. The Balaban J connectivity index is 1.93. The van der Waals surface area contributed by atoms with Crippen molar-refractivity contribution in [1.82, 2.24) is 5.32 Å². The van der Waals surface area contributed by atoms with Gasteiger partial charge in [-0.3, -0.25) is 4.79 Å². The van der Waals surface area contributed by atoms with Crippen LogP contribution in [-0.2, 0) is 0 Å². The number of carbonyl (C=O) groups is 1. The van der Waals surface area contributed by atoms with Crippen molar-refractivity contribution in [2.45, 2.75) is 57.5 Å². The maximum atomic E-state index is 13.2. The summed E-state index contributed by atoms with van der Waals surface area (Å²) in [5.74, 6) is 0.251. The van der Waals surface area contributed by atoms with Gasteiger partial charge in [-0.15, -0.1) is 0 Å². The Kier molecular flexibility index (Phi) is 4.31. The smallest absolute Gasteiger partial charge is 0.169 e. The maximum absolute atomic E-state index is 13.2. The molecule has 21 heavy (non-hydrogen) atoms. The van der Waals surface area contributed by atoms with E-state index in [9.17, 15) is 4.79 Å². The fourth-order valence-electron chi connectivity index (χ4n) is 4.18. The third-order valence-electron chi connectivity index (χ3n) is 5.00. The molecular formula is C17H21Cl2NO. The second kappa shape index (κ2) is 5.91. The van der Waals surface area contributed by atoms with Gasteiger partial charge in [-0.05, 0) is 50.3 Å². The number of ketones is 1. The first-order chi connectivity index (χ1) is 10.0. The summed E-state index contributed by atoms with van der Waals surface area (Å²) in [5.41, 5.74) is 0.488. The lowest BCUT2D eigenvalue weighted by Crippen LogP contribution is -2.48. The van der Waals surface area contributed by atoms with Crippen LogP contribution < -0.4 is 5.32 Å². The van der Waals surface area contributed by atoms with Crippen molar-refractivity contribution < 1.29 is 4.79 Å². The molecule has 0 aromatic heterocycles. The number of piperidine rings is 1. The van der Waals surface area contributed by atoms with Crippen molar-refractivity contribution >= 4 is 29.0 Å². The zero-order chi connectivity index (χ0) is 15.0. The van der Waals surface area contributed by atoms with Gasteiger partial charge in [-0.1, -0.05) is 36.5 Å². The van der Waals surface area contributed by atoms with E-state index in [4.69, 9.17) is 23.2 Å². The SMILES string of the molecule is CCCC1(C(=O)c2ccc(Cl)c(Cl)c2)C[C@@H]2CC[C@@H](C1)N2. The third kappa shape index (κ3) is 2.86. The van der Waals surface area contributed by atoms with Crippen molar-refractivity contribution in [3.8, 4) is 0 Å². The van der Waals surface area contributed by atoms with E-state index in [0.717, 1.165) is 25.7 Å². The minimum Gasteiger partial charge on any atom is -0.311 e. The van der Waals surface area contributed by atoms with Gasteiger partial charge in [-0.2, -0.15) is 0 Å². The molecule has 2 heterocycles. The minimum atomic E-state index is -0.219. The first-order valence-corrected chi connectivity index (χ1v) is 8.55. The highest BCUT2D eigenvalue weighted by molar-refractivity contribution is 6.42. The monoisotopic (exact) mass is 325 g/mol. The van der Waals surface area contributed by atoms with Gasteiger partial charge in [0.1, 0.15) is 0 Å². The van der Waals surface area contributed by atoms with Gasteiger partial charge in [0.05, 0.1) is 10.0 Å². The van der Waals surface area contributed by atoms with Crippen LogP contribution >= 0.6 is 23.2 Å². The topological polar surface area (TPSA) is 29.1 Å². The van der Waals surface area contributed by atoms with Crippen LogP contribution in [0.3, 0.4) is 0 Å². The molecule has 2 nitrogen and oxygen atoms in total. The highest BCUT2D eigenvalue weighted by Crippen LogP contribution is 2.46. The minimum absolute atomic E-state index is 0.219. The van der Waals surface area contributed by atoms with Crippen LogP contribution in [0.15, 0.2) is 18.2 Å². The number of nitrogens with one attached hydrogen (secondary N) is 1. The average molecular weight is 326 g/mol. The molecule has 2 bridgehead atoms. The molecule has 2 atom stereocenters. The standard InChI is InChI=1S/C17H21Cl2NO/c1-2-7-17(9-12-4-5-13(10-17)20-12)16(21)11-3-6-14(18)15(19)8-11/h3,6,8,12-13,20H,2,4-5,7,9-10H2,1H3/t12-,13-/m0/s1. The average Bonchev–Trinajstić information content (AvgIpc) is 2.81. The van der Waals surface area contributed by atoms with Crippen molar-refractivity contribution in [1.29, 1.82) is 0 Å². The molecule has 4 heteroatoms. The van der Waals surface area contributed by atoms with E-state index in [-0.39, 0.29) is 11.2 Å². The lowest BCUT2D eigenvalue weighted by atomic mass is 9.68. The number of rotatable bonds is 4. The van der Waals surface area contributed by atoms with Crippen LogP contribution in [0, 0.1) is 5.41 Å². The molecule has 2 aliphatic rings. The van der Waals surface area contributed by atoms with E-state index in [1.165, 1.54) is 12.8 Å². The summed E-state index contributed by atoms with van der Waals surface area (Å²) in [6, 6.07) is 6.28. The summed E-state index contributed by atoms with van der Waals surface area (Å²) in [6.07, 6.45) is 6.30. The molecule has 0 saturated carbocycles. The number of halogens is 2. The zero-order valence-corrected chi connectivity index (χ0v) is 13.8. The number of hydrogen-bond acceptors (Lipinski definition) is 2. The van der Waals surface area contributed by atoms with Crippen LogP contribution in [-0.4, -0.2) is 17.9 Å². The largest absolute Gasteiger partial charge is 0.311 e. The van der Waals surface area contributed by atoms with Crippen molar-refractivity contribution in [3.63, 3.8) is 0 Å². The molecule has 1 aromatic rings. The van der Waals surface area contributed by atoms with Gasteiger partial charge < -0.3 is 5.32 Å². The molecule has 2 aliphatic heterocycles. The Morgan fingerprint density at radius 3 is 2.48 bits per heavy atom. The fraction of sp³-hybridized carbons (Fsp3) is 0.588.